The monoisotopic (exact) mass is 495 g/mol. The predicted molar refractivity (Wildman–Crippen MR) is 113 cm³/mol. The third kappa shape index (κ3) is 4.22. The third-order valence-electron chi connectivity index (χ3n) is 5.87. The van der Waals surface area contributed by atoms with Crippen LogP contribution in [0.2, 0.25) is 10.0 Å². The number of hydrogen-bond donors (Lipinski definition) is 1. The van der Waals surface area contributed by atoms with Crippen molar-refractivity contribution in [2.45, 2.75) is 36.8 Å². The van der Waals surface area contributed by atoms with Gasteiger partial charge in [0, 0.05) is 17.7 Å². The highest BCUT2D eigenvalue weighted by Gasteiger charge is 2.71. The Kier molecular flexibility index (Phi) is 5.41. The SMILES string of the molecule is O=C(COc1ccc(Cl)c(F)c1)NC12CC(c3nnc(COc4ccc(Cl)c(F)c4)o3)(C1)C2. The van der Waals surface area contributed by atoms with Crippen LogP contribution in [0.4, 0.5) is 8.78 Å². The number of hydrogen-bond acceptors (Lipinski definition) is 6. The van der Waals surface area contributed by atoms with E-state index in [1.54, 1.807) is 6.07 Å². The minimum atomic E-state index is -0.611. The van der Waals surface area contributed by atoms with E-state index < -0.39 is 11.6 Å². The number of aromatic nitrogens is 2. The summed E-state index contributed by atoms with van der Waals surface area (Å²) < 4.78 is 43.5. The normalized spacial score (nSPS) is 22.8. The summed E-state index contributed by atoms with van der Waals surface area (Å²) in [7, 11) is 0. The minimum Gasteiger partial charge on any atom is -0.484 e. The van der Waals surface area contributed by atoms with E-state index in [1.807, 2.05) is 0 Å². The molecule has 3 saturated carbocycles. The average Bonchev–Trinajstić information content (AvgIpc) is 3.20. The van der Waals surface area contributed by atoms with Crippen LogP contribution in [0.15, 0.2) is 40.8 Å². The molecule has 33 heavy (non-hydrogen) atoms. The van der Waals surface area contributed by atoms with Gasteiger partial charge in [-0.3, -0.25) is 4.79 Å². The molecule has 0 spiro atoms. The maximum absolute atomic E-state index is 13.5. The number of halogens is 4. The Balaban J connectivity index is 1.10. The summed E-state index contributed by atoms with van der Waals surface area (Å²) in [5.74, 6) is -0.198. The fraction of sp³-hybridized carbons (Fsp3) is 0.318. The van der Waals surface area contributed by atoms with Crippen LogP contribution in [0.3, 0.4) is 0 Å². The molecule has 3 fully saturated rings. The molecule has 0 aliphatic heterocycles. The van der Waals surface area contributed by atoms with Gasteiger partial charge in [-0.25, -0.2) is 8.78 Å². The van der Waals surface area contributed by atoms with E-state index in [2.05, 4.69) is 15.5 Å². The van der Waals surface area contributed by atoms with Crippen LogP contribution in [-0.2, 0) is 16.8 Å². The van der Waals surface area contributed by atoms with Gasteiger partial charge in [-0.2, -0.15) is 0 Å². The molecule has 172 valence electrons. The number of carbonyl (C=O) groups excluding carboxylic acids is 1. The summed E-state index contributed by atoms with van der Waals surface area (Å²) in [4.78, 5) is 12.3. The Morgan fingerprint density at radius 1 is 1.00 bits per heavy atom. The van der Waals surface area contributed by atoms with Crippen molar-refractivity contribution in [3.05, 3.63) is 69.9 Å². The van der Waals surface area contributed by atoms with Crippen molar-refractivity contribution in [1.29, 1.82) is 0 Å². The Bertz CT molecular complexity index is 1220. The van der Waals surface area contributed by atoms with Crippen molar-refractivity contribution in [2.24, 2.45) is 0 Å². The molecule has 3 aliphatic rings. The fourth-order valence-corrected chi connectivity index (χ4v) is 4.67. The molecule has 1 aromatic heterocycles. The second-order valence-electron chi connectivity index (χ2n) is 8.37. The van der Waals surface area contributed by atoms with E-state index in [4.69, 9.17) is 37.1 Å². The Hall–Kier alpha value is -2.91. The van der Waals surface area contributed by atoms with Crippen LogP contribution in [0.1, 0.15) is 31.0 Å². The molecule has 2 aromatic carbocycles. The Morgan fingerprint density at radius 3 is 2.21 bits per heavy atom. The largest absolute Gasteiger partial charge is 0.484 e. The topological polar surface area (TPSA) is 86.5 Å². The van der Waals surface area contributed by atoms with Crippen LogP contribution in [0.25, 0.3) is 0 Å². The molecule has 6 rings (SSSR count). The van der Waals surface area contributed by atoms with Gasteiger partial charge >= 0.3 is 0 Å². The van der Waals surface area contributed by atoms with Crippen LogP contribution < -0.4 is 14.8 Å². The summed E-state index contributed by atoms with van der Waals surface area (Å²) in [5.41, 5.74) is -0.581. The van der Waals surface area contributed by atoms with Crippen LogP contribution in [0, 0.1) is 11.6 Å². The molecular formula is C22H17Cl2F2N3O4. The summed E-state index contributed by atoms with van der Waals surface area (Å²) >= 11 is 11.3. The molecule has 0 saturated heterocycles. The Morgan fingerprint density at radius 2 is 1.61 bits per heavy atom. The smallest absolute Gasteiger partial charge is 0.258 e. The van der Waals surface area contributed by atoms with Gasteiger partial charge in [0.2, 0.25) is 5.89 Å². The second-order valence-corrected chi connectivity index (χ2v) is 9.18. The first-order valence-electron chi connectivity index (χ1n) is 10.1. The first-order chi connectivity index (χ1) is 15.8. The van der Waals surface area contributed by atoms with Gasteiger partial charge in [0.05, 0.1) is 15.5 Å². The number of benzene rings is 2. The maximum atomic E-state index is 13.5. The number of amides is 1. The lowest BCUT2D eigenvalue weighted by molar-refractivity contribution is -0.143. The summed E-state index contributed by atoms with van der Waals surface area (Å²) in [6.45, 7) is -0.238. The lowest BCUT2D eigenvalue weighted by Gasteiger charge is -2.68. The summed E-state index contributed by atoms with van der Waals surface area (Å²) in [6, 6.07) is 8.12. The van der Waals surface area contributed by atoms with Gasteiger partial charge < -0.3 is 19.2 Å². The van der Waals surface area contributed by atoms with Crippen molar-refractivity contribution in [3.63, 3.8) is 0 Å². The number of nitrogens with one attached hydrogen (secondary N) is 1. The Labute approximate surface area is 197 Å². The second kappa shape index (κ2) is 8.14. The third-order valence-corrected chi connectivity index (χ3v) is 6.48. The number of carbonyl (C=O) groups is 1. The van der Waals surface area contributed by atoms with Crippen molar-refractivity contribution in [2.75, 3.05) is 6.61 Å². The maximum Gasteiger partial charge on any atom is 0.258 e. The minimum absolute atomic E-state index is 0.00530. The van der Waals surface area contributed by atoms with Crippen molar-refractivity contribution < 1.29 is 27.5 Å². The zero-order valence-electron chi connectivity index (χ0n) is 17.0. The van der Waals surface area contributed by atoms with Crippen LogP contribution >= 0.6 is 23.2 Å². The van der Waals surface area contributed by atoms with E-state index in [-0.39, 0.29) is 51.8 Å². The molecule has 0 radical (unpaired) electrons. The summed E-state index contributed by atoms with van der Waals surface area (Å²) in [5, 5.41) is 11.1. The molecule has 1 N–H and O–H groups in total. The number of rotatable bonds is 8. The zero-order chi connectivity index (χ0) is 23.2. The van der Waals surface area contributed by atoms with E-state index in [0.29, 0.717) is 30.9 Å². The zero-order valence-corrected chi connectivity index (χ0v) is 18.6. The highest BCUT2D eigenvalue weighted by Crippen LogP contribution is 2.67. The number of nitrogens with zero attached hydrogens (tertiary/aromatic N) is 2. The van der Waals surface area contributed by atoms with Gasteiger partial charge in [-0.05, 0) is 43.5 Å². The molecule has 11 heteroatoms. The summed E-state index contributed by atoms with van der Waals surface area (Å²) in [6.07, 6.45) is 2.02. The molecular weight excluding hydrogens is 479 g/mol. The molecule has 3 aliphatic carbocycles. The van der Waals surface area contributed by atoms with E-state index in [1.165, 1.54) is 24.3 Å². The average molecular weight is 496 g/mol. The predicted octanol–water partition coefficient (Wildman–Crippen LogP) is 4.60. The first-order valence-corrected chi connectivity index (χ1v) is 10.8. The lowest BCUT2D eigenvalue weighted by atomic mass is 9.39. The van der Waals surface area contributed by atoms with Gasteiger partial charge in [-0.1, -0.05) is 23.2 Å². The molecule has 0 unspecified atom stereocenters. The van der Waals surface area contributed by atoms with E-state index in [9.17, 15) is 13.6 Å². The van der Waals surface area contributed by atoms with Crippen molar-refractivity contribution in [3.8, 4) is 11.5 Å². The van der Waals surface area contributed by atoms with Gasteiger partial charge in [-0.15, -0.1) is 10.2 Å². The molecule has 2 bridgehead atoms. The lowest BCUT2D eigenvalue weighted by Crippen LogP contribution is -2.77. The highest BCUT2D eigenvalue weighted by atomic mass is 35.5. The highest BCUT2D eigenvalue weighted by molar-refractivity contribution is 6.31. The van der Waals surface area contributed by atoms with E-state index >= 15 is 0 Å². The quantitative estimate of drug-likeness (QED) is 0.491. The van der Waals surface area contributed by atoms with Gasteiger partial charge in [0.1, 0.15) is 23.1 Å². The molecule has 0 atom stereocenters. The van der Waals surface area contributed by atoms with Crippen molar-refractivity contribution >= 4 is 29.1 Å². The van der Waals surface area contributed by atoms with Gasteiger partial charge in [0.25, 0.3) is 11.8 Å². The van der Waals surface area contributed by atoms with Crippen LogP contribution in [-0.4, -0.2) is 28.3 Å². The first kappa shape index (κ1) is 21.9. The molecule has 3 aromatic rings. The van der Waals surface area contributed by atoms with E-state index in [0.717, 1.165) is 6.07 Å². The standard InChI is InChI=1S/C22H17Cl2F2N3O4/c23-14-3-1-12(5-16(14)25)31-7-18(30)27-22-9-21(10-22,11-22)20-29-28-19(33-20)8-32-13-2-4-15(24)17(26)6-13/h1-6H,7-11H2,(H,27,30). The fourth-order valence-electron chi connectivity index (χ4n) is 4.43. The molecule has 1 heterocycles. The van der Waals surface area contributed by atoms with Gasteiger partial charge in [0.15, 0.2) is 13.2 Å². The molecule has 1 amide bonds. The van der Waals surface area contributed by atoms with Crippen LogP contribution in [0.5, 0.6) is 11.5 Å². The number of ether oxygens (including phenoxy) is 2. The molecule has 7 nitrogen and oxygen atoms in total. The van der Waals surface area contributed by atoms with Crippen molar-refractivity contribution in [1.82, 2.24) is 15.5 Å².